The van der Waals surface area contributed by atoms with E-state index in [0.717, 1.165) is 10.1 Å². The summed E-state index contributed by atoms with van der Waals surface area (Å²) in [5, 5.41) is 9.95. The molecule has 0 fully saturated rings. The second kappa shape index (κ2) is 6.81. The molecule has 166 valence electrons. The van der Waals surface area contributed by atoms with Crippen molar-refractivity contribution in [2.75, 3.05) is 14.2 Å². The van der Waals surface area contributed by atoms with Crippen LogP contribution >= 0.6 is 0 Å². The molecule has 0 amide bonds. The lowest BCUT2D eigenvalue weighted by Gasteiger charge is -2.42. The van der Waals surface area contributed by atoms with Crippen LogP contribution in [-0.4, -0.2) is 38.9 Å². The minimum absolute atomic E-state index is 0.0635. The molecule has 1 N–H and O–H groups in total. The van der Waals surface area contributed by atoms with Crippen LogP contribution in [0.15, 0.2) is 57.6 Å². The van der Waals surface area contributed by atoms with Crippen molar-refractivity contribution in [2.45, 2.75) is 32.0 Å². The van der Waals surface area contributed by atoms with Gasteiger partial charge < -0.3 is 19.3 Å². The Labute approximate surface area is 183 Å². The predicted molar refractivity (Wildman–Crippen MR) is 116 cm³/mol. The van der Waals surface area contributed by atoms with Gasteiger partial charge >= 0.3 is 11.4 Å². The Kier molecular flexibility index (Phi) is 4.27. The fourth-order valence-electron chi connectivity index (χ4n) is 4.53. The average molecular weight is 437 g/mol. The number of ether oxygens (including phenoxy) is 3. The van der Waals surface area contributed by atoms with Crippen LogP contribution in [0.3, 0.4) is 0 Å². The normalized spacial score (nSPS) is 18.0. The molecule has 1 aromatic heterocycles. The van der Waals surface area contributed by atoms with E-state index in [9.17, 15) is 14.7 Å². The maximum Gasteiger partial charge on any atom is 0.352 e. The SMILES string of the molecule is COc1cc(OC)cc(-n2c(=O)n3n(c2=O)C2C(=CC3)C(C)(C)Oc3cc(O)ccc32)c1. The van der Waals surface area contributed by atoms with Gasteiger partial charge in [-0.1, -0.05) is 6.08 Å². The van der Waals surface area contributed by atoms with Crippen molar-refractivity contribution in [1.82, 2.24) is 13.9 Å². The quantitative estimate of drug-likeness (QED) is 0.632. The lowest BCUT2D eigenvalue weighted by Crippen LogP contribution is -2.46. The van der Waals surface area contributed by atoms with Gasteiger partial charge in [-0.05, 0) is 31.6 Å². The molecular weight excluding hydrogens is 414 g/mol. The molecule has 2 aliphatic heterocycles. The van der Waals surface area contributed by atoms with Crippen molar-refractivity contribution < 1.29 is 19.3 Å². The Hall–Kier alpha value is -3.88. The molecule has 0 bridgehead atoms. The number of allylic oxidation sites excluding steroid dienone is 1. The minimum atomic E-state index is -0.729. The van der Waals surface area contributed by atoms with Crippen LogP contribution in [0.5, 0.6) is 23.0 Å². The molecule has 9 heteroatoms. The van der Waals surface area contributed by atoms with E-state index in [-0.39, 0.29) is 12.3 Å². The number of phenolic OH excluding ortho intramolecular Hbond substituents is 1. The minimum Gasteiger partial charge on any atom is -0.508 e. The molecule has 2 aromatic carbocycles. The van der Waals surface area contributed by atoms with Gasteiger partial charge in [-0.25, -0.2) is 23.5 Å². The van der Waals surface area contributed by atoms with Crippen LogP contribution < -0.4 is 25.6 Å². The first-order chi connectivity index (χ1) is 15.2. The topological polar surface area (TPSA) is 96.9 Å². The largest absolute Gasteiger partial charge is 0.508 e. The Morgan fingerprint density at radius 1 is 1.03 bits per heavy atom. The maximum atomic E-state index is 13.7. The third-order valence-electron chi connectivity index (χ3n) is 6.03. The summed E-state index contributed by atoms with van der Waals surface area (Å²) in [6.07, 6.45) is 1.93. The Bertz CT molecular complexity index is 1370. The summed E-state index contributed by atoms with van der Waals surface area (Å²) < 4.78 is 20.8. The number of rotatable bonds is 3. The number of aromatic nitrogens is 3. The van der Waals surface area contributed by atoms with Crippen molar-refractivity contribution in [1.29, 1.82) is 0 Å². The van der Waals surface area contributed by atoms with E-state index in [0.29, 0.717) is 28.5 Å². The molecule has 0 saturated carbocycles. The highest BCUT2D eigenvalue weighted by molar-refractivity contribution is 5.51. The zero-order valence-corrected chi connectivity index (χ0v) is 18.2. The molecule has 0 saturated heterocycles. The molecule has 0 aliphatic carbocycles. The van der Waals surface area contributed by atoms with Gasteiger partial charge in [-0.15, -0.1) is 0 Å². The van der Waals surface area contributed by atoms with E-state index < -0.39 is 23.0 Å². The van der Waals surface area contributed by atoms with Crippen LogP contribution in [0, 0.1) is 0 Å². The number of methoxy groups -OCH3 is 2. The van der Waals surface area contributed by atoms with E-state index in [1.54, 1.807) is 30.3 Å². The summed E-state index contributed by atoms with van der Waals surface area (Å²) in [6.45, 7) is 4.04. The number of aromatic hydroxyl groups is 1. The Balaban J connectivity index is 1.78. The summed E-state index contributed by atoms with van der Waals surface area (Å²) in [7, 11) is 3.01. The Morgan fingerprint density at radius 2 is 1.72 bits per heavy atom. The summed E-state index contributed by atoms with van der Waals surface area (Å²) in [4.78, 5) is 27.0. The lowest BCUT2D eigenvalue weighted by atomic mass is 9.83. The van der Waals surface area contributed by atoms with E-state index >= 15 is 0 Å². The number of phenols is 1. The third kappa shape index (κ3) is 2.77. The van der Waals surface area contributed by atoms with Crippen molar-refractivity contribution in [3.63, 3.8) is 0 Å². The Morgan fingerprint density at radius 3 is 2.38 bits per heavy atom. The molecule has 0 radical (unpaired) electrons. The molecule has 9 nitrogen and oxygen atoms in total. The van der Waals surface area contributed by atoms with Crippen molar-refractivity contribution in [3.8, 4) is 28.7 Å². The van der Waals surface area contributed by atoms with Gasteiger partial charge in [0, 0.05) is 29.8 Å². The van der Waals surface area contributed by atoms with Crippen LogP contribution in [0.25, 0.3) is 5.69 Å². The molecule has 0 spiro atoms. The average Bonchev–Trinajstić information content (AvgIpc) is 3.02. The number of nitrogens with zero attached hydrogens (tertiary/aromatic N) is 3. The molecule has 5 rings (SSSR count). The number of hydrogen-bond donors (Lipinski definition) is 1. The first-order valence-corrected chi connectivity index (χ1v) is 10.2. The monoisotopic (exact) mass is 437 g/mol. The molecule has 3 aromatic rings. The lowest BCUT2D eigenvalue weighted by molar-refractivity contribution is 0.113. The van der Waals surface area contributed by atoms with Gasteiger partial charge in [-0.2, -0.15) is 0 Å². The van der Waals surface area contributed by atoms with Crippen LogP contribution in [0.2, 0.25) is 0 Å². The van der Waals surface area contributed by atoms with Gasteiger partial charge in [0.25, 0.3) is 0 Å². The molecule has 2 aliphatic rings. The van der Waals surface area contributed by atoms with Gasteiger partial charge in [0.1, 0.15) is 34.6 Å². The van der Waals surface area contributed by atoms with Gasteiger partial charge in [0.2, 0.25) is 0 Å². The number of benzene rings is 2. The van der Waals surface area contributed by atoms with Crippen molar-refractivity contribution in [3.05, 3.63) is 74.6 Å². The van der Waals surface area contributed by atoms with Gasteiger partial charge in [0.05, 0.1) is 26.5 Å². The molecule has 1 unspecified atom stereocenters. The third-order valence-corrected chi connectivity index (χ3v) is 6.03. The summed E-state index contributed by atoms with van der Waals surface area (Å²) >= 11 is 0. The summed E-state index contributed by atoms with van der Waals surface area (Å²) in [5.41, 5.74) is 0.239. The van der Waals surface area contributed by atoms with Crippen molar-refractivity contribution in [2.24, 2.45) is 0 Å². The molecule has 1 atom stereocenters. The van der Waals surface area contributed by atoms with E-state index in [4.69, 9.17) is 14.2 Å². The zero-order chi connectivity index (χ0) is 22.8. The summed E-state index contributed by atoms with van der Waals surface area (Å²) in [5.74, 6) is 1.47. The van der Waals surface area contributed by atoms with E-state index in [2.05, 4.69) is 0 Å². The standard InChI is InChI=1S/C23H23N3O6/c1-23(2)18-7-8-24-21(28)25(13-9-15(30-3)12-16(10-13)31-4)22(29)26(24)20(18)17-6-5-14(27)11-19(17)32-23/h5-7,9-12,20,27H,8H2,1-4H3. The van der Waals surface area contributed by atoms with Crippen LogP contribution in [0.1, 0.15) is 25.5 Å². The molecule has 3 heterocycles. The first-order valence-electron chi connectivity index (χ1n) is 10.2. The highest BCUT2D eigenvalue weighted by Crippen LogP contribution is 2.46. The number of hydrogen-bond acceptors (Lipinski definition) is 6. The molecule has 32 heavy (non-hydrogen) atoms. The summed E-state index contributed by atoms with van der Waals surface area (Å²) in [6, 6.07) is 9.15. The van der Waals surface area contributed by atoms with E-state index in [1.165, 1.54) is 29.6 Å². The highest BCUT2D eigenvalue weighted by atomic mass is 16.5. The highest BCUT2D eigenvalue weighted by Gasteiger charge is 2.43. The predicted octanol–water partition coefficient (Wildman–Crippen LogP) is 2.22. The fraction of sp³-hybridized carbons (Fsp3) is 0.304. The zero-order valence-electron chi connectivity index (χ0n) is 18.2. The fourth-order valence-corrected chi connectivity index (χ4v) is 4.53. The van der Waals surface area contributed by atoms with E-state index in [1.807, 2.05) is 19.9 Å². The van der Waals surface area contributed by atoms with Gasteiger partial charge in [-0.3, -0.25) is 0 Å². The second-order valence-electron chi connectivity index (χ2n) is 8.29. The first kappa shape index (κ1) is 20.0. The van der Waals surface area contributed by atoms with Crippen LogP contribution in [0.4, 0.5) is 0 Å². The van der Waals surface area contributed by atoms with Gasteiger partial charge in [0.15, 0.2) is 0 Å². The van der Waals surface area contributed by atoms with Crippen LogP contribution in [-0.2, 0) is 6.54 Å². The maximum absolute atomic E-state index is 13.7. The number of fused-ring (bicyclic) bond motifs is 5. The smallest absolute Gasteiger partial charge is 0.352 e. The van der Waals surface area contributed by atoms with Crippen molar-refractivity contribution >= 4 is 0 Å². The molecular formula is C23H23N3O6. The second-order valence-corrected chi connectivity index (χ2v) is 8.29.